The summed E-state index contributed by atoms with van der Waals surface area (Å²) in [6.07, 6.45) is 2.81. The number of methoxy groups -OCH3 is 1. The maximum absolute atomic E-state index is 13.4. The number of rotatable bonds is 4. The maximum atomic E-state index is 13.4. The molecule has 0 fully saturated rings. The molecule has 0 radical (unpaired) electrons. The van der Waals surface area contributed by atoms with Crippen LogP contribution in [0, 0.1) is 0 Å². The van der Waals surface area contributed by atoms with E-state index >= 15 is 0 Å². The van der Waals surface area contributed by atoms with Crippen LogP contribution < -0.4 is 15.2 Å². The van der Waals surface area contributed by atoms with Gasteiger partial charge in [-0.15, -0.1) is 0 Å². The summed E-state index contributed by atoms with van der Waals surface area (Å²) >= 11 is 0. The van der Waals surface area contributed by atoms with Crippen molar-refractivity contribution in [2.24, 2.45) is 0 Å². The Morgan fingerprint density at radius 3 is 2.55 bits per heavy atom. The normalized spacial score (nSPS) is 10.8. The summed E-state index contributed by atoms with van der Waals surface area (Å²) in [7, 11) is 1.52. The number of nitrogens with zero attached hydrogens (tertiary/aromatic N) is 2. The number of phenolic OH excluding ortho intramolecular Hbond substituents is 1. The quantitative estimate of drug-likeness (QED) is 0.422. The highest BCUT2D eigenvalue weighted by Gasteiger charge is 2.27. The third kappa shape index (κ3) is 3.14. The molecule has 0 atom stereocenters. The van der Waals surface area contributed by atoms with Gasteiger partial charge in [-0.05, 0) is 42.5 Å². The number of carbonyl (C=O) groups is 1. The van der Waals surface area contributed by atoms with Gasteiger partial charge in [-0.2, -0.15) is 0 Å². The first kappa shape index (κ1) is 18.1. The van der Waals surface area contributed by atoms with E-state index in [1.807, 2.05) is 0 Å². The van der Waals surface area contributed by atoms with Crippen LogP contribution >= 0.6 is 0 Å². The molecule has 4 rings (SSSR count). The fraction of sp³-hybridized carbons (Fsp3) is 0.0500. The number of carbonyl (C=O) groups excluding carboxylic acids is 1. The number of aromatic amines is 2. The number of H-pyrrole nitrogens is 2. The van der Waals surface area contributed by atoms with Crippen molar-refractivity contribution in [2.45, 2.75) is 0 Å². The van der Waals surface area contributed by atoms with Crippen molar-refractivity contribution >= 4 is 28.3 Å². The van der Waals surface area contributed by atoms with Crippen molar-refractivity contribution in [1.82, 2.24) is 15.0 Å². The first-order valence-electron chi connectivity index (χ1n) is 8.54. The smallest absolute Gasteiger partial charge is 0.273 e. The van der Waals surface area contributed by atoms with Crippen LogP contribution in [-0.2, 0) is 0 Å². The Hall–Kier alpha value is -4.27. The monoisotopic (exact) mass is 392 g/mol. The highest BCUT2D eigenvalue weighted by Crippen LogP contribution is 2.32. The van der Waals surface area contributed by atoms with E-state index in [0.717, 1.165) is 0 Å². The molecule has 4 aromatic rings. The number of aromatic hydroxyl groups is 2. The molecule has 9 heteroatoms. The summed E-state index contributed by atoms with van der Waals surface area (Å²) in [4.78, 5) is 36.5. The number of hydrogen-bond acceptors (Lipinski definition) is 6. The van der Waals surface area contributed by atoms with Gasteiger partial charge in [-0.3, -0.25) is 14.5 Å². The number of phenols is 1. The number of fused-ring (bicyclic) bond motifs is 1. The van der Waals surface area contributed by atoms with Crippen molar-refractivity contribution < 1.29 is 19.7 Å². The van der Waals surface area contributed by atoms with E-state index in [2.05, 4.69) is 15.0 Å². The number of imidazole rings is 1. The Bertz CT molecular complexity index is 1250. The highest BCUT2D eigenvalue weighted by atomic mass is 16.5. The molecule has 1 amide bonds. The molecule has 2 aromatic carbocycles. The lowest BCUT2D eigenvalue weighted by molar-refractivity contribution is 0.0995. The third-order valence-corrected chi connectivity index (χ3v) is 4.44. The zero-order chi connectivity index (χ0) is 20.5. The van der Waals surface area contributed by atoms with Crippen LogP contribution in [0.1, 0.15) is 10.4 Å². The second kappa shape index (κ2) is 7.04. The van der Waals surface area contributed by atoms with Crippen molar-refractivity contribution in [2.75, 3.05) is 12.0 Å². The zero-order valence-corrected chi connectivity index (χ0v) is 15.2. The molecule has 0 spiro atoms. The van der Waals surface area contributed by atoms with Gasteiger partial charge in [-0.25, -0.2) is 4.98 Å². The number of aromatic nitrogens is 3. The van der Waals surface area contributed by atoms with Crippen LogP contribution in [0.3, 0.4) is 0 Å². The van der Waals surface area contributed by atoms with Crippen molar-refractivity contribution in [3.05, 3.63) is 70.9 Å². The second-order valence-corrected chi connectivity index (χ2v) is 6.18. The Morgan fingerprint density at radius 2 is 1.90 bits per heavy atom. The predicted octanol–water partition coefficient (Wildman–Crippen LogP) is 2.65. The maximum Gasteiger partial charge on any atom is 0.273 e. The summed E-state index contributed by atoms with van der Waals surface area (Å²) < 4.78 is 5.14. The number of amides is 1. The number of pyridine rings is 1. The van der Waals surface area contributed by atoms with Gasteiger partial charge >= 0.3 is 0 Å². The van der Waals surface area contributed by atoms with E-state index in [9.17, 15) is 19.8 Å². The minimum absolute atomic E-state index is 0.112. The molecule has 9 nitrogen and oxygen atoms in total. The Labute approximate surface area is 163 Å². The lowest BCUT2D eigenvalue weighted by atomic mass is 10.1. The SMILES string of the molecule is COc1ccc(N(C(=O)c2c(O)c3cc(O)ccc3[nH]c2=O)c2cnc[nH]2)cc1. The average molecular weight is 392 g/mol. The molecule has 2 aromatic heterocycles. The molecule has 0 saturated carbocycles. The number of anilines is 2. The van der Waals surface area contributed by atoms with Gasteiger partial charge in [0.1, 0.15) is 28.6 Å². The molecule has 2 heterocycles. The van der Waals surface area contributed by atoms with Gasteiger partial charge in [0.15, 0.2) is 0 Å². The summed E-state index contributed by atoms with van der Waals surface area (Å²) in [6, 6.07) is 10.7. The van der Waals surface area contributed by atoms with Crippen LogP contribution in [0.4, 0.5) is 11.5 Å². The van der Waals surface area contributed by atoms with Crippen LogP contribution in [-0.4, -0.2) is 38.2 Å². The van der Waals surface area contributed by atoms with E-state index in [-0.39, 0.29) is 11.1 Å². The van der Waals surface area contributed by atoms with Crippen LogP contribution in [0.5, 0.6) is 17.2 Å². The van der Waals surface area contributed by atoms with E-state index in [0.29, 0.717) is 22.8 Å². The summed E-state index contributed by atoms with van der Waals surface area (Å²) in [5, 5.41) is 20.5. The van der Waals surface area contributed by atoms with Gasteiger partial charge in [-0.1, -0.05) is 0 Å². The summed E-state index contributed by atoms with van der Waals surface area (Å²) in [6.45, 7) is 0. The zero-order valence-electron chi connectivity index (χ0n) is 15.2. The lowest BCUT2D eigenvalue weighted by Gasteiger charge is -2.21. The summed E-state index contributed by atoms with van der Waals surface area (Å²) in [5.41, 5.74) is -0.508. The van der Waals surface area contributed by atoms with E-state index < -0.39 is 22.8 Å². The molecule has 0 aliphatic carbocycles. The minimum atomic E-state index is -0.775. The number of hydrogen-bond donors (Lipinski definition) is 4. The molecule has 0 saturated heterocycles. The van der Waals surface area contributed by atoms with Crippen molar-refractivity contribution in [3.63, 3.8) is 0 Å². The molecule has 0 bridgehead atoms. The Kier molecular flexibility index (Phi) is 4.40. The number of nitrogens with one attached hydrogen (secondary N) is 2. The topological polar surface area (TPSA) is 132 Å². The minimum Gasteiger partial charge on any atom is -0.508 e. The highest BCUT2D eigenvalue weighted by molar-refractivity contribution is 6.13. The molecule has 29 heavy (non-hydrogen) atoms. The first-order chi connectivity index (χ1) is 14.0. The molecule has 4 N–H and O–H groups in total. The van der Waals surface area contributed by atoms with E-state index in [1.165, 1.54) is 42.7 Å². The van der Waals surface area contributed by atoms with Crippen LogP contribution in [0.25, 0.3) is 10.9 Å². The fourth-order valence-electron chi connectivity index (χ4n) is 3.04. The van der Waals surface area contributed by atoms with Crippen molar-refractivity contribution in [3.8, 4) is 17.2 Å². The van der Waals surface area contributed by atoms with Gasteiger partial charge in [0.05, 0.1) is 30.8 Å². The third-order valence-electron chi connectivity index (χ3n) is 4.44. The van der Waals surface area contributed by atoms with Gasteiger partial charge in [0.2, 0.25) is 0 Å². The fourth-order valence-corrected chi connectivity index (χ4v) is 3.04. The van der Waals surface area contributed by atoms with Gasteiger partial charge < -0.3 is 24.9 Å². The largest absolute Gasteiger partial charge is 0.508 e. The summed E-state index contributed by atoms with van der Waals surface area (Å²) in [5.74, 6) is -0.521. The van der Waals surface area contributed by atoms with Crippen LogP contribution in [0.15, 0.2) is 59.8 Å². The molecular formula is C20H16N4O5. The molecule has 146 valence electrons. The standard InChI is InChI=1S/C20H16N4O5/c1-29-13-5-2-11(3-6-13)24(16-9-21-10-22-16)20(28)17-18(26)14-8-12(25)4-7-15(14)23-19(17)27/h2-10,25H,1H3,(H,21,22)(H2,23,26,27). The van der Waals surface area contributed by atoms with Crippen molar-refractivity contribution in [1.29, 1.82) is 0 Å². The second-order valence-electron chi connectivity index (χ2n) is 6.18. The van der Waals surface area contributed by atoms with E-state index in [4.69, 9.17) is 4.74 Å². The molecule has 0 aliphatic heterocycles. The molecule has 0 unspecified atom stereocenters. The Balaban J connectivity index is 1.90. The molecule has 0 aliphatic rings. The number of ether oxygens (including phenoxy) is 1. The van der Waals surface area contributed by atoms with E-state index in [1.54, 1.807) is 24.3 Å². The van der Waals surface area contributed by atoms with Crippen LogP contribution in [0.2, 0.25) is 0 Å². The predicted molar refractivity (Wildman–Crippen MR) is 106 cm³/mol. The van der Waals surface area contributed by atoms with Gasteiger partial charge in [0, 0.05) is 5.39 Å². The first-order valence-corrected chi connectivity index (χ1v) is 8.54. The Morgan fingerprint density at radius 1 is 1.14 bits per heavy atom. The number of benzene rings is 2. The molecular weight excluding hydrogens is 376 g/mol. The lowest BCUT2D eigenvalue weighted by Crippen LogP contribution is -2.31. The van der Waals surface area contributed by atoms with Gasteiger partial charge in [0.25, 0.3) is 11.5 Å². The average Bonchev–Trinajstić information content (AvgIpc) is 3.24.